The molecule has 208 valence electrons. The molecule has 0 saturated carbocycles. The Balaban J connectivity index is 2.55. The van der Waals surface area contributed by atoms with Crippen molar-refractivity contribution in [3.05, 3.63) is 71.3 Å². The number of nitrogens with one attached hydrogen (secondary N) is 2. The normalized spacial score (nSPS) is 13.3. The summed E-state index contributed by atoms with van der Waals surface area (Å²) in [6.07, 6.45) is 1.35. The number of amides is 3. The summed E-state index contributed by atoms with van der Waals surface area (Å²) in [5.74, 6) is -0.607. The summed E-state index contributed by atoms with van der Waals surface area (Å²) in [4.78, 5) is 42.5. The Kier molecular flexibility index (Phi) is 10.9. The van der Waals surface area contributed by atoms with Gasteiger partial charge in [-0.1, -0.05) is 73.5 Å². The van der Waals surface area contributed by atoms with E-state index in [1.807, 2.05) is 82.3 Å². The van der Waals surface area contributed by atoms with Crippen LogP contribution in [0.15, 0.2) is 54.6 Å². The topological polar surface area (TPSA) is 87.7 Å². The van der Waals surface area contributed by atoms with Crippen molar-refractivity contribution in [2.75, 3.05) is 6.54 Å². The highest BCUT2D eigenvalue weighted by atomic mass is 16.6. The van der Waals surface area contributed by atoms with Crippen LogP contribution in [0.1, 0.15) is 84.0 Å². The lowest BCUT2D eigenvalue weighted by atomic mass is 9.93. The van der Waals surface area contributed by atoms with Gasteiger partial charge in [0.05, 0.1) is 0 Å². The first-order valence-electron chi connectivity index (χ1n) is 13.4. The molecule has 2 atom stereocenters. The third-order valence-corrected chi connectivity index (χ3v) is 5.96. The fraction of sp³-hybridized carbons (Fsp3) is 0.516. The van der Waals surface area contributed by atoms with Crippen LogP contribution in [0.3, 0.4) is 0 Å². The lowest BCUT2D eigenvalue weighted by molar-refractivity contribution is -0.148. The maximum Gasteiger partial charge on any atom is 0.408 e. The third-order valence-electron chi connectivity index (χ3n) is 5.96. The first-order valence-corrected chi connectivity index (χ1v) is 13.4. The lowest BCUT2D eigenvalue weighted by Crippen LogP contribution is -2.59. The highest BCUT2D eigenvalue weighted by Crippen LogP contribution is 2.31. The van der Waals surface area contributed by atoms with E-state index < -0.39 is 29.3 Å². The Morgan fingerprint density at radius 1 is 0.921 bits per heavy atom. The van der Waals surface area contributed by atoms with Gasteiger partial charge in [-0.2, -0.15) is 0 Å². The molecule has 0 spiro atoms. The van der Waals surface area contributed by atoms with Crippen molar-refractivity contribution >= 4 is 17.9 Å². The van der Waals surface area contributed by atoms with Gasteiger partial charge in [0.15, 0.2) is 0 Å². The van der Waals surface area contributed by atoms with E-state index in [4.69, 9.17) is 4.74 Å². The molecule has 0 saturated heterocycles. The van der Waals surface area contributed by atoms with Crippen LogP contribution in [0.2, 0.25) is 0 Å². The number of ether oxygens (including phenoxy) is 1. The van der Waals surface area contributed by atoms with Crippen LogP contribution in [0.5, 0.6) is 0 Å². The smallest absolute Gasteiger partial charge is 0.408 e. The predicted octanol–water partition coefficient (Wildman–Crippen LogP) is 5.72. The second-order valence-corrected chi connectivity index (χ2v) is 11.7. The zero-order valence-electron chi connectivity index (χ0n) is 24.3. The average molecular weight is 524 g/mol. The minimum absolute atomic E-state index is 0.249. The molecule has 7 heteroatoms. The number of hydrogen-bond acceptors (Lipinski definition) is 4. The summed E-state index contributed by atoms with van der Waals surface area (Å²) >= 11 is 0. The van der Waals surface area contributed by atoms with Crippen LogP contribution in [-0.2, 0) is 20.7 Å². The maximum atomic E-state index is 14.4. The van der Waals surface area contributed by atoms with Crippen molar-refractivity contribution in [3.8, 4) is 0 Å². The molecule has 2 N–H and O–H groups in total. The summed E-state index contributed by atoms with van der Waals surface area (Å²) < 4.78 is 5.49. The van der Waals surface area contributed by atoms with Crippen LogP contribution in [-0.4, -0.2) is 46.5 Å². The van der Waals surface area contributed by atoms with E-state index in [9.17, 15) is 14.4 Å². The molecule has 2 aromatic rings. The van der Waals surface area contributed by atoms with Gasteiger partial charge in [0.2, 0.25) is 11.8 Å². The molecule has 2 rings (SSSR count). The third kappa shape index (κ3) is 9.51. The van der Waals surface area contributed by atoms with E-state index in [2.05, 4.69) is 17.6 Å². The molecule has 0 bridgehead atoms. The molecule has 7 nitrogen and oxygen atoms in total. The summed E-state index contributed by atoms with van der Waals surface area (Å²) in [7, 11) is 0. The number of nitrogens with zero attached hydrogens (tertiary/aromatic N) is 1. The Morgan fingerprint density at radius 2 is 1.53 bits per heavy atom. The van der Waals surface area contributed by atoms with Crippen molar-refractivity contribution in [2.45, 2.75) is 97.9 Å². The maximum absolute atomic E-state index is 14.4. The molecule has 2 unspecified atom stereocenters. The summed E-state index contributed by atoms with van der Waals surface area (Å²) in [6, 6.07) is 15.3. The lowest BCUT2D eigenvalue weighted by Gasteiger charge is -2.43. The molecule has 3 amide bonds. The summed E-state index contributed by atoms with van der Waals surface area (Å²) in [5.41, 5.74) is 1.19. The van der Waals surface area contributed by atoms with Crippen molar-refractivity contribution < 1.29 is 19.1 Å². The summed E-state index contributed by atoms with van der Waals surface area (Å²) in [6.45, 7) is 15.6. The molecule has 0 aliphatic heterocycles. The number of carbonyl (C=O) groups excluding carboxylic acids is 3. The fourth-order valence-corrected chi connectivity index (χ4v) is 4.16. The van der Waals surface area contributed by atoms with E-state index in [1.54, 1.807) is 25.7 Å². The van der Waals surface area contributed by atoms with Gasteiger partial charge in [-0.15, -0.1) is 0 Å². The Labute approximate surface area is 228 Å². The molecule has 0 heterocycles. The van der Waals surface area contributed by atoms with Crippen molar-refractivity contribution in [2.24, 2.45) is 0 Å². The van der Waals surface area contributed by atoms with E-state index in [0.29, 0.717) is 12.1 Å². The molecule has 0 fully saturated rings. The molecule has 0 aliphatic carbocycles. The second-order valence-electron chi connectivity index (χ2n) is 11.7. The number of carbonyl (C=O) groups is 3. The number of alkyl carbamates (subject to hydrolysis) is 1. The van der Waals surface area contributed by atoms with Crippen LogP contribution in [0.4, 0.5) is 4.79 Å². The second kappa shape index (κ2) is 13.4. The SMILES string of the molecule is CCCCNC(=O)C(c1ccc(C)cc1)N(C(=O)C(Cc1ccccc1)NC(=O)OC(C)(C)C)C(C)(C)C. The van der Waals surface area contributed by atoms with Gasteiger partial charge in [0.25, 0.3) is 0 Å². The van der Waals surface area contributed by atoms with E-state index >= 15 is 0 Å². The van der Waals surface area contributed by atoms with E-state index in [-0.39, 0.29) is 18.2 Å². The number of benzene rings is 2. The monoisotopic (exact) mass is 523 g/mol. The Morgan fingerprint density at radius 3 is 2.05 bits per heavy atom. The van der Waals surface area contributed by atoms with Crippen LogP contribution in [0.25, 0.3) is 0 Å². The molecular weight excluding hydrogens is 478 g/mol. The van der Waals surface area contributed by atoms with Crippen LogP contribution < -0.4 is 10.6 Å². The van der Waals surface area contributed by atoms with Crippen molar-refractivity contribution in [1.82, 2.24) is 15.5 Å². The molecule has 2 aromatic carbocycles. The van der Waals surface area contributed by atoms with Gasteiger partial charge in [-0.25, -0.2) is 4.79 Å². The highest BCUT2D eigenvalue weighted by Gasteiger charge is 2.41. The first kappa shape index (κ1) is 30.9. The Bertz CT molecular complexity index is 1050. The number of rotatable bonds is 10. The predicted molar refractivity (Wildman–Crippen MR) is 152 cm³/mol. The van der Waals surface area contributed by atoms with Gasteiger partial charge in [0.1, 0.15) is 17.7 Å². The van der Waals surface area contributed by atoms with Crippen LogP contribution in [0, 0.1) is 6.92 Å². The average Bonchev–Trinajstić information content (AvgIpc) is 2.81. The zero-order valence-corrected chi connectivity index (χ0v) is 24.3. The summed E-state index contributed by atoms with van der Waals surface area (Å²) in [5, 5.41) is 5.82. The number of unbranched alkanes of at least 4 members (excludes halogenated alkanes) is 1. The number of aryl methyl sites for hydroxylation is 1. The zero-order chi connectivity index (χ0) is 28.5. The van der Waals surface area contributed by atoms with Crippen molar-refractivity contribution in [1.29, 1.82) is 0 Å². The van der Waals surface area contributed by atoms with Crippen LogP contribution >= 0.6 is 0 Å². The van der Waals surface area contributed by atoms with Crippen molar-refractivity contribution in [3.63, 3.8) is 0 Å². The molecule has 0 aliphatic rings. The van der Waals surface area contributed by atoms with E-state index in [0.717, 1.165) is 24.0 Å². The minimum Gasteiger partial charge on any atom is -0.444 e. The van der Waals surface area contributed by atoms with Gasteiger partial charge >= 0.3 is 6.09 Å². The van der Waals surface area contributed by atoms with Gasteiger partial charge in [-0.3, -0.25) is 9.59 Å². The van der Waals surface area contributed by atoms with Gasteiger partial charge < -0.3 is 20.3 Å². The molecule has 38 heavy (non-hydrogen) atoms. The fourth-order valence-electron chi connectivity index (χ4n) is 4.16. The molecular formula is C31H45N3O4. The first-order chi connectivity index (χ1) is 17.7. The number of hydrogen-bond donors (Lipinski definition) is 2. The molecule has 0 radical (unpaired) electrons. The molecule has 0 aromatic heterocycles. The highest BCUT2D eigenvalue weighted by molar-refractivity contribution is 5.92. The largest absolute Gasteiger partial charge is 0.444 e. The van der Waals surface area contributed by atoms with Gasteiger partial charge in [0, 0.05) is 18.5 Å². The quantitative estimate of drug-likeness (QED) is 0.390. The van der Waals surface area contributed by atoms with Gasteiger partial charge in [-0.05, 0) is 66.0 Å². The Hall–Kier alpha value is -3.35. The van der Waals surface area contributed by atoms with E-state index in [1.165, 1.54) is 0 Å². The standard InChI is InChI=1S/C31H45N3O4/c1-9-10-20-32-27(35)26(24-18-16-22(2)17-19-24)34(30(3,4)5)28(36)25(21-23-14-12-11-13-15-23)33-29(37)38-31(6,7)8/h11-19,25-26H,9-10,20-21H2,1-8H3,(H,32,35)(H,33,37). The minimum atomic E-state index is -0.942.